The number of amides is 2. The highest BCUT2D eigenvalue weighted by atomic mass is 16.4. The Morgan fingerprint density at radius 3 is 2.47 bits per heavy atom. The Balaban J connectivity index is 2.28. The van der Waals surface area contributed by atoms with E-state index in [1.807, 2.05) is 0 Å². The Labute approximate surface area is 101 Å². The molecule has 0 bridgehead atoms. The SMILES string of the molecule is CN(CCCC(=O)O)C(=O)N1CCC(O)CC1. The van der Waals surface area contributed by atoms with Gasteiger partial charge < -0.3 is 20.0 Å². The van der Waals surface area contributed by atoms with Gasteiger partial charge in [0.15, 0.2) is 0 Å². The zero-order chi connectivity index (χ0) is 12.8. The van der Waals surface area contributed by atoms with Gasteiger partial charge in [0.05, 0.1) is 6.10 Å². The summed E-state index contributed by atoms with van der Waals surface area (Å²) in [5.74, 6) is -0.841. The van der Waals surface area contributed by atoms with Crippen LogP contribution in [0.2, 0.25) is 0 Å². The monoisotopic (exact) mass is 244 g/mol. The van der Waals surface area contributed by atoms with Crippen LogP contribution in [-0.2, 0) is 4.79 Å². The smallest absolute Gasteiger partial charge is 0.319 e. The van der Waals surface area contributed by atoms with Gasteiger partial charge in [-0.05, 0) is 19.3 Å². The fourth-order valence-corrected chi connectivity index (χ4v) is 1.86. The van der Waals surface area contributed by atoms with Crippen molar-refractivity contribution in [3.05, 3.63) is 0 Å². The minimum absolute atomic E-state index is 0.0797. The standard InChI is InChI=1S/C11H20N2O4/c1-12(6-2-3-10(15)16)11(17)13-7-4-9(14)5-8-13/h9,14H,2-8H2,1H3,(H,15,16). The summed E-state index contributed by atoms with van der Waals surface area (Å²) in [5, 5.41) is 17.8. The lowest BCUT2D eigenvalue weighted by Crippen LogP contribution is -2.46. The van der Waals surface area contributed by atoms with Gasteiger partial charge in [0.1, 0.15) is 0 Å². The quantitative estimate of drug-likeness (QED) is 0.748. The van der Waals surface area contributed by atoms with Gasteiger partial charge >= 0.3 is 12.0 Å². The first-order valence-electron chi connectivity index (χ1n) is 5.90. The first-order valence-corrected chi connectivity index (χ1v) is 5.90. The number of aliphatic carboxylic acids is 1. The van der Waals surface area contributed by atoms with Gasteiger partial charge in [-0.2, -0.15) is 0 Å². The Kier molecular flexibility index (Phi) is 5.21. The van der Waals surface area contributed by atoms with Crippen LogP contribution in [0, 0.1) is 0 Å². The average molecular weight is 244 g/mol. The number of hydrogen-bond donors (Lipinski definition) is 2. The van der Waals surface area contributed by atoms with Crippen LogP contribution in [0.3, 0.4) is 0 Å². The number of nitrogens with zero attached hydrogens (tertiary/aromatic N) is 2. The van der Waals surface area contributed by atoms with Gasteiger partial charge in [0.25, 0.3) is 0 Å². The molecule has 1 rings (SSSR count). The number of carbonyl (C=O) groups is 2. The fraction of sp³-hybridized carbons (Fsp3) is 0.818. The van der Waals surface area contributed by atoms with Gasteiger partial charge in [-0.25, -0.2) is 4.79 Å². The molecule has 0 aromatic rings. The first kappa shape index (κ1) is 13.8. The minimum atomic E-state index is -0.841. The summed E-state index contributed by atoms with van der Waals surface area (Å²) in [6.45, 7) is 1.59. The van der Waals surface area contributed by atoms with E-state index in [4.69, 9.17) is 5.11 Å². The zero-order valence-corrected chi connectivity index (χ0v) is 10.1. The van der Waals surface area contributed by atoms with Crippen molar-refractivity contribution in [3.63, 3.8) is 0 Å². The maximum absolute atomic E-state index is 11.9. The van der Waals surface area contributed by atoms with Crippen LogP contribution in [0.5, 0.6) is 0 Å². The van der Waals surface area contributed by atoms with Gasteiger partial charge in [0.2, 0.25) is 0 Å². The van der Waals surface area contributed by atoms with E-state index in [2.05, 4.69) is 0 Å². The van der Waals surface area contributed by atoms with Crippen LogP contribution in [-0.4, -0.2) is 64.8 Å². The van der Waals surface area contributed by atoms with Crippen molar-refractivity contribution < 1.29 is 19.8 Å². The molecule has 1 fully saturated rings. The second kappa shape index (κ2) is 6.44. The van der Waals surface area contributed by atoms with E-state index in [0.29, 0.717) is 38.9 Å². The molecule has 0 aliphatic carbocycles. The molecule has 2 amide bonds. The molecule has 6 heteroatoms. The maximum Gasteiger partial charge on any atom is 0.319 e. The van der Waals surface area contributed by atoms with Crippen LogP contribution in [0.1, 0.15) is 25.7 Å². The third-order valence-corrected chi connectivity index (χ3v) is 2.95. The Bertz CT molecular complexity index is 275. The summed E-state index contributed by atoms with van der Waals surface area (Å²) in [5.41, 5.74) is 0. The summed E-state index contributed by atoms with van der Waals surface area (Å²) in [6, 6.07) is -0.0812. The minimum Gasteiger partial charge on any atom is -0.481 e. The molecule has 6 nitrogen and oxygen atoms in total. The lowest BCUT2D eigenvalue weighted by molar-refractivity contribution is -0.137. The molecular weight excluding hydrogens is 224 g/mol. The molecule has 1 aliphatic rings. The van der Waals surface area contributed by atoms with Gasteiger partial charge in [-0.3, -0.25) is 4.79 Å². The normalized spacial score (nSPS) is 16.9. The maximum atomic E-state index is 11.9. The summed E-state index contributed by atoms with van der Waals surface area (Å²) < 4.78 is 0. The third kappa shape index (κ3) is 4.60. The van der Waals surface area contributed by atoms with E-state index < -0.39 is 5.97 Å². The molecule has 2 N–H and O–H groups in total. The third-order valence-electron chi connectivity index (χ3n) is 2.95. The number of carbonyl (C=O) groups excluding carboxylic acids is 1. The first-order chi connectivity index (χ1) is 8.00. The number of carboxylic acids is 1. The Morgan fingerprint density at radius 1 is 1.35 bits per heavy atom. The number of hydrogen-bond acceptors (Lipinski definition) is 3. The highest BCUT2D eigenvalue weighted by molar-refractivity contribution is 5.74. The number of aliphatic hydroxyl groups excluding tert-OH is 1. The van der Waals surface area contributed by atoms with Crippen molar-refractivity contribution in [1.29, 1.82) is 0 Å². The van der Waals surface area contributed by atoms with E-state index >= 15 is 0 Å². The Morgan fingerprint density at radius 2 is 1.94 bits per heavy atom. The predicted octanol–water partition coefficient (Wildman–Crippen LogP) is 0.360. The molecule has 0 aromatic carbocycles. The van der Waals surface area contributed by atoms with Crippen molar-refractivity contribution in [2.24, 2.45) is 0 Å². The average Bonchev–Trinajstić information content (AvgIpc) is 2.28. The van der Waals surface area contributed by atoms with Crippen molar-refractivity contribution in [2.75, 3.05) is 26.7 Å². The number of likely N-dealkylation sites (tertiary alicyclic amines) is 1. The van der Waals surface area contributed by atoms with E-state index in [1.165, 1.54) is 0 Å². The Hall–Kier alpha value is -1.30. The highest BCUT2D eigenvalue weighted by Gasteiger charge is 2.23. The van der Waals surface area contributed by atoms with Gasteiger partial charge in [-0.15, -0.1) is 0 Å². The second-order valence-electron chi connectivity index (χ2n) is 4.42. The molecule has 98 valence electrons. The molecule has 1 heterocycles. The topological polar surface area (TPSA) is 81.1 Å². The molecule has 1 saturated heterocycles. The number of rotatable bonds is 4. The lowest BCUT2D eigenvalue weighted by atomic mass is 10.1. The second-order valence-corrected chi connectivity index (χ2v) is 4.42. The molecule has 0 spiro atoms. The van der Waals surface area contributed by atoms with Crippen molar-refractivity contribution in [3.8, 4) is 0 Å². The number of carboxylic acid groups (broad SMARTS) is 1. The fourth-order valence-electron chi connectivity index (χ4n) is 1.86. The van der Waals surface area contributed by atoms with Crippen LogP contribution in [0.25, 0.3) is 0 Å². The molecule has 17 heavy (non-hydrogen) atoms. The summed E-state index contributed by atoms with van der Waals surface area (Å²) >= 11 is 0. The van der Waals surface area contributed by atoms with Crippen LogP contribution < -0.4 is 0 Å². The van der Waals surface area contributed by atoms with Crippen LogP contribution in [0.15, 0.2) is 0 Å². The van der Waals surface area contributed by atoms with Crippen LogP contribution >= 0.6 is 0 Å². The van der Waals surface area contributed by atoms with E-state index in [9.17, 15) is 14.7 Å². The van der Waals surface area contributed by atoms with Crippen molar-refractivity contribution >= 4 is 12.0 Å². The molecule has 0 unspecified atom stereocenters. The van der Waals surface area contributed by atoms with Gasteiger partial charge in [0, 0.05) is 33.1 Å². The molecule has 0 radical (unpaired) electrons. The highest BCUT2D eigenvalue weighted by Crippen LogP contribution is 2.11. The molecular formula is C11H20N2O4. The summed E-state index contributed by atoms with van der Waals surface area (Å²) in [6.07, 6.45) is 1.49. The van der Waals surface area contributed by atoms with Crippen LogP contribution in [0.4, 0.5) is 4.79 Å². The van der Waals surface area contributed by atoms with Gasteiger partial charge in [-0.1, -0.05) is 0 Å². The molecule has 0 atom stereocenters. The summed E-state index contributed by atoms with van der Waals surface area (Å²) in [7, 11) is 1.68. The van der Waals surface area contributed by atoms with Crippen molar-refractivity contribution in [2.45, 2.75) is 31.8 Å². The van der Waals surface area contributed by atoms with E-state index in [1.54, 1.807) is 16.8 Å². The van der Waals surface area contributed by atoms with E-state index in [0.717, 1.165) is 0 Å². The molecule has 1 aliphatic heterocycles. The summed E-state index contributed by atoms with van der Waals surface area (Å²) in [4.78, 5) is 25.5. The van der Waals surface area contributed by atoms with E-state index in [-0.39, 0.29) is 18.6 Å². The largest absolute Gasteiger partial charge is 0.481 e. The number of aliphatic hydroxyl groups is 1. The number of piperidine rings is 1. The lowest BCUT2D eigenvalue weighted by Gasteiger charge is -2.32. The molecule has 0 aromatic heterocycles. The van der Waals surface area contributed by atoms with Crippen molar-refractivity contribution in [1.82, 2.24) is 9.80 Å². The predicted molar refractivity (Wildman–Crippen MR) is 61.7 cm³/mol. The number of urea groups is 1. The zero-order valence-electron chi connectivity index (χ0n) is 10.1. The molecule has 0 saturated carbocycles.